The summed E-state index contributed by atoms with van der Waals surface area (Å²) in [7, 11) is 1.28. The Morgan fingerprint density at radius 2 is 2.67 bits per heavy atom. The van der Waals surface area contributed by atoms with Crippen LogP contribution in [0, 0.1) is 11.3 Å². The van der Waals surface area contributed by atoms with Gasteiger partial charge in [-0.15, -0.1) is 0 Å². The lowest BCUT2D eigenvalue weighted by molar-refractivity contribution is -0.108. The second-order valence-corrected chi connectivity index (χ2v) is 0.996. The third kappa shape index (κ3) is 3.05. The summed E-state index contributed by atoms with van der Waals surface area (Å²) in [6.07, 6.45) is 0.348. The fraction of sp³-hybridized carbons (Fsp3) is 0.250. The first-order chi connectivity index (χ1) is 4.35. The van der Waals surface area contributed by atoms with Crippen molar-refractivity contribution in [3.8, 4) is 6.07 Å². The Morgan fingerprint density at radius 1 is 2.00 bits per heavy atom. The first-order valence-corrected chi connectivity index (χ1v) is 2.06. The van der Waals surface area contributed by atoms with Crippen LogP contribution in [0.25, 0.3) is 0 Å². The van der Waals surface area contributed by atoms with Crippen molar-refractivity contribution in [3.05, 3.63) is 0 Å². The molecule has 0 saturated heterocycles. The van der Waals surface area contributed by atoms with Gasteiger partial charge in [0, 0.05) is 0 Å². The molecule has 0 fully saturated rings. The van der Waals surface area contributed by atoms with Crippen LogP contribution in [0.5, 0.6) is 0 Å². The summed E-state index contributed by atoms with van der Waals surface area (Å²) in [6, 6.07) is 1.59. The number of nitrogens with one attached hydrogen (secondary N) is 1. The van der Waals surface area contributed by atoms with Crippen molar-refractivity contribution in [1.82, 2.24) is 5.32 Å². The molecule has 0 aromatic rings. The highest BCUT2D eigenvalue weighted by Gasteiger charge is 1.90. The number of amidine groups is 1. The van der Waals surface area contributed by atoms with Crippen molar-refractivity contribution in [3.63, 3.8) is 0 Å². The third-order valence-electron chi connectivity index (χ3n) is 0.484. The van der Waals surface area contributed by atoms with Crippen LogP contribution in [0.1, 0.15) is 0 Å². The fourth-order valence-electron chi connectivity index (χ4n) is 0.226. The number of nitriles is 1. The molecule has 0 atom stereocenters. The predicted octanol–water partition coefficient (Wildman–Crippen LogP) is -0.784. The van der Waals surface area contributed by atoms with Crippen molar-refractivity contribution in [1.29, 1.82) is 5.26 Å². The Morgan fingerprint density at radius 3 is 3.00 bits per heavy atom. The molecule has 0 aromatic carbocycles. The topological polar surface area (TPSA) is 74.5 Å². The van der Waals surface area contributed by atoms with Gasteiger partial charge in [-0.1, -0.05) is 5.16 Å². The molecule has 0 radical (unpaired) electrons. The zero-order valence-electron chi connectivity index (χ0n) is 4.79. The van der Waals surface area contributed by atoms with E-state index in [1.807, 2.05) is 5.32 Å². The van der Waals surface area contributed by atoms with E-state index >= 15 is 0 Å². The molecule has 1 N–H and O–H groups in total. The summed E-state index contributed by atoms with van der Waals surface area (Å²) in [5, 5.41) is 13.3. The van der Waals surface area contributed by atoms with Crippen molar-refractivity contribution >= 4 is 12.2 Å². The van der Waals surface area contributed by atoms with E-state index in [0.717, 1.165) is 0 Å². The lowest BCUT2D eigenvalue weighted by Gasteiger charge is -1.88. The molecule has 5 heteroatoms. The zero-order valence-corrected chi connectivity index (χ0v) is 4.79. The highest BCUT2D eigenvalue weighted by molar-refractivity contribution is 6.01. The van der Waals surface area contributed by atoms with E-state index in [4.69, 9.17) is 5.26 Å². The lowest BCUT2D eigenvalue weighted by atomic mass is 10.7. The minimum atomic E-state index is -0.160. The van der Waals surface area contributed by atoms with E-state index in [1.165, 1.54) is 7.11 Å². The van der Waals surface area contributed by atoms with E-state index < -0.39 is 0 Å². The zero-order chi connectivity index (χ0) is 7.11. The van der Waals surface area contributed by atoms with Crippen molar-refractivity contribution in [2.75, 3.05) is 7.11 Å². The molecule has 0 aliphatic carbocycles. The maximum Gasteiger partial charge on any atom is 0.250 e. The van der Waals surface area contributed by atoms with Gasteiger partial charge >= 0.3 is 0 Å². The molecule has 0 aliphatic heterocycles. The molecule has 9 heavy (non-hydrogen) atoms. The van der Waals surface area contributed by atoms with Crippen molar-refractivity contribution in [2.24, 2.45) is 5.16 Å². The van der Waals surface area contributed by atoms with Gasteiger partial charge in [0.25, 0.3) is 0 Å². The second kappa shape index (κ2) is 4.59. The van der Waals surface area contributed by atoms with Crippen LogP contribution >= 0.6 is 0 Å². The third-order valence-corrected chi connectivity index (χ3v) is 0.484. The SMILES string of the molecule is CO/N=C(\C#N)NC=O. The average Bonchev–Trinajstić information content (AvgIpc) is 1.88. The highest BCUT2D eigenvalue weighted by Crippen LogP contribution is 1.69. The first-order valence-electron chi connectivity index (χ1n) is 2.06. The second-order valence-electron chi connectivity index (χ2n) is 0.996. The summed E-state index contributed by atoms with van der Waals surface area (Å²) >= 11 is 0. The minimum absolute atomic E-state index is 0.160. The molecule has 0 bridgehead atoms. The Balaban J connectivity index is 3.85. The molecular formula is C4H5N3O2. The van der Waals surface area contributed by atoms with Gasteiger partial charge in [0.2, 0.25) is 12.2 Å². The smallest absolute Gasteiger partial charge is 0.250 e. The quantitative estimate of drug-likeness (QED) is 0.229. The summed E-state index contributed by atoms with van der Waals surface area (Å²) in [5.41, 5.74) is 0. The molecule has 0 aliphatic rings. The standard InChI is InChI=1S/C4H5N3O2/c1-9-7-4(2-5)6-3-8/h3H,1H3,(H,6,7,8). The molecule has 1 amide bonds. The molecule has 0 heterocycles. The minimum Gasteiger partial charge on any atom is -0.397 e. The van der Waals surface area contributed by atoms with Gasteiger partial charge < -0.3 is 10.2 Å². The number of amides is 1. The largest absolute Gasteiger partial charge is 0.397 e. The predicted molar refractivity (Wildman–Crippen MR) is 29.3 cm³/mol. The average molecular weight is 127 g/mol. The van der Waals surface area contributed by atoms with E-state index in [-0.39, 0.29) is 5.84 Å². The maximum atomic E-state index is 9.65. The summed E-state index contributed by atoms with van der Waals surface area (Å²) < 4.78 is 0. The molecule has 0 saturated carbocycles. The summed E-state index contributed by atoms with van der Waals surface area (Å²) in [5.74, 6) is -0.160. The molecule has 5 nitrogen and oxygen atoms in total. The van der Waals surface area contributed by atoms with Crippen LogP contribution < -0.4 is 5.32 Å². The monoisotopic (exact) mass is 127 g/mol. The van der Waals surface area contributed by atoms with Crippen molar-refractivity contribution in [2.45, 2.75) is 0 Å². The normalized spacial score (nSPS) is 9.56. The Hall–Kier alpha value is -1.57. The number of hydrogen-bond acceptors (Lipinski definition) is 4. The van der Waals surface area contributed by atoms with Crippen LogP contribution in [-0.4, -0.2) is 19.4 Å². The van der Waals surface area contributed by atoms with Crippen LogP contribution in [0.4, 0.5) is 0 Å². The summed E-state index contributed by atoms with van der Waals surface area (Å²) in [4.78, 5) is 13.8. The lowest BCUT2D eigenvalue weighted by Crippen LogP contribution is -2.19. The van der Waals surface area contributed by atoms with Crippen molar-refractivity contribution < 1.29 is 9.63 Å². The van der Waals surface area contributed by atoms with Crippen LogP contribution in [0.15, 0.2) is 5.16 Å². The Bertz CT molecular complexity index is 158. The molecule has 0 aromatic heterocycles. The van der Waals surface area contributed by atoms with Gasteiger partial charge in [0.1, 0.15) is 13.2 Å². The highest BCUT2D eigenvalue weighted by atomic mass is 16.6. The molecule has 48 valence electrons. The van der Waals surface area contributed by atoms with Crippen LogP contribution in [-0.2, 0) is 9.63 Å². The number of nitrogens with zero attached hydrogens (tertiary/aromatic N) is 2. The first kappa shape index (κ1) is 7.43. The van der Waals surface area contributed by atoms with Gasteiger partial charge in [-0.3, -0.25) is 4.79 Å². The molecule has 0 unspecified atom stereocenters. The van der Waals surface area contributed by atoms with Crippen LogP contribution in [0.2, 0.25) is 0 Å². The van der Waals surface area contributed by atoms with Gasteiger partial charge in [0.15, 0.2) is 0 Å². The van der Waals surface area contributed by atoms with Gasteiger partial charge in [-0.05, 0) is 0 Å². The Labute approximate surface area is 51.9 Å². The number of carbonyl (C=O) groups excluding carboxylic acids is 1. The van der Waals surface area contributed by atoms with E-state index in [1.54, 1.807) is 6.07 Å². The maximum absolute atomic E-state index is 9.65. The number of carbonyl (C=O) groups is 1. The van der Waals surface area contributed by atoms with Crippen LogP contribution in [0.3, 0.4) is 0 Å². The van der Waals surface area contributed by atoms with E-state index in [0.29, 0.717) is 6.41 Å². The Kier molecular flexibility index (Phi) is 3.79. The van der Waals surface area contributed by atoms with Gasteiger partial charge in [0.05, 0.1) is 0 Å². The van der Waals surface area contributed by atoms with E-state index in [9.17, 15) is 4.79 Å². The van der Waals surface area contributed by atoms with Gasteiger partial charge in [-0.25, -0.2) is 0 Å². The molecule has 0 rings (SSSR count). The number of oxime groups is 1. The number of rotatable bonds is 2. The fourth-order valence-corrected chi connectivity index (χ4v) is 0.226. The molecular weight excluding hydrogens is 122 g/mol. The van der Waals surface area contributed by atoms with E-state index in [2.05, 4.69) is 9.99 Å². The molecule has 0 spiro atoms. The van der Waals surface area contributed by atoms with Gasteiger partial charge in [-0.2, -0.15) is 5.26 Å². The number of hydrogen-bond donors (Lipinski definition) is 1. The summed E-state index contributed by atoms with van der Waals surface area (Å²) in [6.45, 7) is 0.